The van der Waals surface area contributed by atoms with Crippen LogP contribution in [-0.4, -0.2) is 63.2 Å². The topological polar surface area (TPSA) is 121 Å². The van der Waals surface area contributed by atoms with E-state index in [4.69, 9.17) is 11.6 Å². The van der Waals surface area contributed by atoms with Crippen LogP contribution in [0.25, 0.3) is 17.1 Å². The molecule has 10 nitrogen and oxygen atoms in total. The van der Waals surface area contributed by atoms with E-state index in [1.807, 2.05) is 0 Å². The molecule has 4 aromatic rings. The van der Waals surface area contributed by atoms with Crippen molar-refractivity contribution in [3.8, 4) is 17.1 Å². The van der Waals surface area contributed by atoms with Gasteiger partial charge in [0, 0.05) is 42.0 Å². The third kappa shape index (κ3) is 6.20. The molecule has 0 radical (unpaired) electrons. The van der Waals surface area contributed by atoms with Crippen LogP contribution in [0, 0.1) is 5.92 Å². The molecule has 0 unspecified atom stereocenters. The first-order chi connectivity index (χ1) is 19.3. The number of hydrogen-bond acceptors (Lipinski definition) is 7. The van der Waals surface area contributed by atoms with Gasteiger partial charge in [0.1, 0.15) is 18.7 Å². The Labute approximate surface area is 233 Å². The Bertz CT molecular complexity index is 1620. The Morgan fingerprint density at radius 2 is 1.85 bits per heavy atom. The van der Waals surface area contributed by atoms with Crippen molar-refractivity contribution in [2.45, 2.75) is 50.6 Å². The normalized spacial score (nSPS) is 16.0. The maximum atomic E-state index is 13.2. The number of hydrogen-bond donors (Lipinski definition) is 1. The molecular formula is C25H21ClF5N7O3. The molecule has 0 aliphatic heterocycles. The molecule has 1 aliphatic rings. The van der Waals surface area contributed by atoms with Crippen LogP contribution in [0.4, 0.5) is 22.0 Å². The van der Waals surface area contributed by atoms with Gasteiger partial charge in [-0.3, -0.25) is 14.3 Å². The highest BCUT2D eigenvalue weighted by molar-refractivity contribution is 6.30. The second kappa shape index (κ2) is 10.8. The highest BCUT2D eigenvalue weighted by atomic mass is 35.5. The van der Waals surface area contributed by atoms with Gasteiger partial charge in [0.15, 0.2) is 17.8 Å². The highest BCUT2D eigenvalue weighted by Crippen LogP contribution is 2.43. The molecule has 16 heteroatoms. The van der Waals surface area contributed by atoms with Gasteiger partial charge in [-0.1, -0.05) is 11.6 Å². The number of benzene rings is 1. The minimum atomic E-state index is -4.97. The summed E-state index contributed by atoms with van der Waals surface area (Å²) in [7, 11) is 0. The molecule has 0 bridgehead atoms. The van der Waals surface area contributed by atoms with Gasteiger partial charge < -0.3 is 5.11 Å². The van der Waals surface area contributed by atoms with Crippen LogP contribution in [0.15, 0.2) is 53.8 Å². The number of rotatable bonds is 9. The van der Waals surface area contributed by atoms with E-state index in [-0.39, 0.29) is 36.0 Å². The van der Waals surface area contributed by atoms with E-state index in [1.54, 1.807) is 6.07 Å². The largest absolute Gasteiger partial charge is 0.416 e. The van der Waals surface area contributed by atoms with Crippen molar-refractivity contribution in [1.29, 1.82) is 0 Å². The van der Waals surface area contributed by atoms with Crippen molar-refractivity contribution in [2.75, 3.05) is 0 Å². The van der Waals surface area contributed by atoms with E-state index in [1.165, 1.54) is 47.7 Å². The zero-order chi connectivity index (χ0) is 29.5. The Hall–Kier alpha value is -3.98. The summed E-state index contributed by atoms with van der Waals surface area (Å²) in [4.78, 5) is 33.8. The van der Waals surface area contributed by atoms with Crippen LogP contribution in [0.3, 0.4) is 0 Å². The first kappa shape index (κ1) is 28.5. The van der Waals surface area contributed by atoms with Gasteiger partial charge >= 0.3 is 11.9 Å². The molecule has 0 amide bonds. The lowest BCUT2D eigenvalue weighted by Gasteiger charge is -2.33. The fourth-order valence-corrected chi connectivity index (χ4v) is 4.53. The van der Waals surface area contributed by atoms with Crippen molar-refractivity contribution in [1.82, 2.24) is 34.1 Å². The second-order valence-electron chi connectivity index (χ2n) is 9.65. The zero-order valence-electron chi connectivity index (χ0n) is 21.0. The molecule has 1 atom stereocenters. The summed E-state index contributed by atoms with van der Waals surface area (Å²) in [6, 6.07) is 7.44. The highest BCUT2D eigenvalue weighted by Gasteiger charge is 2.48. The minimum absolute atomic E-state index is 0.0514. The first-order valence-electron chi connectivity index (χ1n) is 12.2. The average Bonchev–Trinajstić information content (AvgIpc) is 3.48. The standard InChI is InChI=1S/C25H21ClF5N7O3/c26-17-3-1-14(2-4-17)22-35-37(23(41)36(22)11-20(40)25(29,30)31)12-21-33-13-38(34-21)18-10-32-6-5-15(18)7-19(39)16-8-24(27,28)9-16/h1-6,10,13,16,20,40H,7-9,11-12H2/t20-/m0/s1. The quantitative estimate of drug-likeness (QED) is 0.293. The molecule has 1 aromatic carbocycles. The number of aliphatic hydroxyl groups excluding tert-OH is 1. The molecular weight excluding hydrogens is 577 g/mol. The lowest BCUT2D eigenvalue weighted by atomic mass is 9.77. The van der Waals surface area contributed by atoms with Crippen LogP contribution >= 0.6 is 11.6 Å². The monoisotopic (exact) mass is 597 g/mol. The Balaban J connectivity index is 1.41. The summed E-state index contributed by atoms with van der Waals surface area (Å²) in [5.41, 5.74) is 0.176. The Morgan fingerprint density at radius 1 is 1.15 bits per heavy atom. The number of nitrogens with zero attached hydrogens (tertiary/aromatic N) is 7. The van der Waals surface area contributed by atoms with Crippen molar-refractivity contribution in [3.63, 3.8) is 0 Å². The van der Waals surface area contributed by atoms with Crippen LogP contribution in [0.2, 0.25) is 5.02 Å². The molecule has 1 saturated carbocycles. The third-order valence-electron chi connectivity index (χ3n) is 6.63. The van der Waals surface area contributed by atoms with Crippen molar-refractivity contribution in [2.24, 2.45) is 5.92 Å². The number of pyridine rings is 1. The van der Waals surface area contributed by atoms with Crippen molar-refractivity contribution >= 4 is 17.4 Å². The number of alkyl halides is 5. The van der Waals surface area contributed by atoms with E-state index in [0.29, 0.717) is 20.8 Å². The molecule has 1 aliphatic carbocycles. The van der Waals surface area contributed by atoms with Gasteiger partial charge in [0.2, 0.25) is 5.92 Å². The summed E-state index contributed by atoms with van der Waals surface area (Å²) >= 11 is 5.90. The second-order valence-corrected chi connectivity index (χ2v) is 10.1. The van der Waals surface area contributed by atoms with Gasteiger partial charge in [0.05, 0.1) is 18.4 Å². The fraction of sp³-hybridized carbons (Fsp3) is 0.360. The van der Waals surface area contributed by atoms with Gasteiger partial charge in [-0.25, -0.2) is 27.9 Å². The SMILES string of the molecule is O=C(Cc1ccncc1-n1cnc(Cn2nc(-c3ccc(Cl)cc3)n(C[C@H](O)C(F)(F)F)c2=O)n1)C1CC(F)(F)C1. The number of ketones is 1. The summed E-state index contributed by atoms with van der Waals surface area (Å²) in [6.45, 7) is -1.44. The maximum Gasteiger partial charge on any atom is 0.416 e. The predicted molar refractivity (Wildman–Crippen MR) is 134 cm³/mol. The number of carbonyl (C=O) groups excluding carboxylic acids is 1. The van der Waals surface area contributed by atoms with Gasteiger partial charge in [-0.15, -0.1) is 10.2 Å². The lowest BCUT2D eigenvalue weighted by molar-refractivity contribution is -0.207. The van der Waals surface area contributed by atoms with Crippen LogP contribution < -0.4 is 5.69 Å². The molecule has 0 saturated heterocycles. The van der Waals surface area contributed by atoms with E-state index in [2.05, 4.69) is 20.2 Å². The number of halogens is 6. The number of aromatic nitrogens is 7. The third-order valence-corrected chi connectivity index (χ3v) is 6.89. The summed E-state index contributed by atoms with van der Waals surface area (Å²) < 4.78 is 68.5. The smallest absolute Gasteiger partial charge is 0.382 e. The van der Waals surface area contributed by atoms with Crippen LogP contribution in [0.1, 0.15) is 24.2 Å². The van der Waals surface area contributed by atoms with Crippen LogP contribution in [-0.2, 0) is 24.3 Å². The molecule has 1 fully saturated rings. The van der Waals surface area contributed by atoms with Crippen LogP contribution in [0.5, 0.6) is 0 Å². The van der Waals surface area contributed by atoms with E-state index < -0.39 is 49.2 Å². The lowest BCUT2D eigenvalue weighted by Crippen LogP contribution is -2.40. The summed E-state index contributed by atoms with van der Waals surface area (Å²) in [5, 5.41) is 18.4. The molecule has 0 spiro atoms. The molecule has 41 heavy (non-hydrogen) atoms. The fourth-order valence-electron chi connectivity index (χ4n) is 4.41. The Morgan fingerprint density at radius 3 is 2.51 bits per heavy atom. The molecule has 216 valence electrons. The van der Waals surface area contributed by atoms with Gasteiger partial charge in [-0.2, -0.15) is 13.2 Å². The number of carbonyl (C=O) groups is 1. The predicted octanol–water partition coefficient (Wildman–Crippen LogP) is 3.47. The summed E-state index contributed by atoms with van der Waals surface area (Å²) in [6.07, 6.45) is -4.75. The summed E-state index contributed by atoms with van der Waals surface area (Å²) in [5.74, 6) is -3.98. The number of aliphatic hydroxyl groups is 1. The van der Waals surface area contributed by atoms with Gasteiger partial charge in [0.25, 0.3) is 0 Å². The van der Waals surface area contributed by atoms with E-state index >= 15 is 0 Å². The maximum absolute atomic E-state index is 13.2. The molecule has 3 heterocycles. The first-order valence-corrected chi connectivity index (χ1v) is 12.6. The minimum Gasteiger partial charge on any atom is -0.382 e. The molecule has 1 N–H and O–H groups in total. The van der Waals surface area contributed by atoms with Gasteiger partial charge in [-0.05, 0) is 35.9 Å². The van der Waals surface area contributed by atoms with E-state index in [9.17, 15) is 36.6 Å². The van der Waals surface area contributed by atoms with Crippen molar-refractivity contribution in [3.05, 3.63) is 75.9 Å². The number of Topliss-reactive ketones (excluding diaryl/α,β-unsaturated/α-hetero) is 1. The molecule has 3 aromatic heterocycles. The Kier molecular flexibility index (Phi) is 7.50. The molecule has 5 rings (SSSR count). The zero-order valence-corrected chi connectivity index (χ0v) is 21.7. The van der Waals surface area contributed by atoms with E-state index in [0.717, 1.165) is 4.68 Å². The average molecular weight is 598 g/mol. The van der Waals surface area contributed by atoms with Crippen molar-refractivity contribution < 1.29 is 31.9 Å².